The Kier molecular flexibility index (Phi) is 5.60. The molecule has 6 nitrogen and oxygen atoms in total. The van der Waals surface area contributed by atoms with Crippen LogP contribution in [0.25, 0.3) is 10.9 Å². The molecule has 9 heteroatoms. The number of rotatable bonds is 6. The molecule has 0 bridgehead atoms. The van der Waals surface area contributed by atoms with Gasteiger partial charge in [-0.15, -0.1) is 0 Å². The van der Waals surface area contributed by atoms with Crippen LogP contribution in [0.2, 0.25) is 10.0 Å². The number of fused-ring (bicyclic) bond motifs is 2. The summed E-state index contributed by atoms with van der Waals surface area (Å²) in [5.74, 6) is 0.806. The third-order valence-corrected chi connectivity index (χ3v) is 6.24. The molecule has 2 heterocycles. The first-order valence-corrected chi connectivity index (χ1v) is 10.9. The molecule has 0 amide bonds. The van der Waals surface area contributed by atoms with Gasteiger partial charge in [-0.3, -0.25) is 0 Å². The zero-order valence-electron chi connectivity index (χ0n) is 17.8. The highest BCUT2D eigenvalue weighted by Crippen LogP contribution is 2.37. The summed E-state index contributed by atoms with van der Waals surface area (Å²) in [6, 6.07) is 6.55. The second-order valence-corrected chi connectivity index (χ2v) is 8.55. The highest BCUT2D eigenvalue weighted by Gasteiger charge is 2.20. The fourth-order valence-corrected chi connectivity index (χ4v) is 4.19. The van der Waals surface area contributed by atoms with Crippen LogP contribution in [0.15, 0.2) is 65.7 Å². The molecule has 1 aromatic heterocycles. The molecule has 0 spiro atoms. The SMILES string of the molecule is COc1cc2c(Nc3ccc(Cl)c(Cl)c3F)ncnc2cc1OCC1=CC2=CN(C)CC2=C1. The van der Waals surface area contributed by atoms with Gasteiger partial charge in [-0.2, -0.15) is 0 Å². The monoisotopic (exact) mass is 484 g/mol. The maximum absolute atomic E-state index is 14.5. The van der Waals surface area contributed by atoms with Crippen LogP contribution in [0, 0.1) is 5.82 Å². The van der Waals surface area contributed by atoms with Gasteiger partial charge in [0.1, 0.15) is 18.8 Å². The van der Waals surface area contributed by atoms with Crippen molar-refractivity contribution in [2.45, 2.75) is 0 Å². The molecule has 1 aliphatic carbocycles. The minimum atomic E-state index is -0.659. The molecular weight excluding hydrogens is 466 g/mol. The largest absolute Gasteiger partial charge is 0.493 e. The van der Waals surface area contributed by atoms with Gasteiger partial charge >= 0.3 is 0 Å². The van der Waals surface area contributed by atoms with Crippen LogP contribution in [0.3, 0.4) is 0 Å². The van der Waals surface area contributed by atoms with E-state index in [9.17, 15) is 4.39 Å². The molecule has 1 N–H and O–H groups in total. The van der Waals surface area contributed by atoms with Crippen molar-refractivity contribution in [3.8, 4) is 11.5 Å². The van der Waals surface area contributed by atoms with E-state index in [1.165, 1.54) is 29.6 Å². The summed E-state index contributed by atoms with van der Waals surface area (Å²) < 4.78 is 26.1. The third-order valence-electron chi connectivity index (χ3n) is 5.45. The second-order valence-electron chi connectivity index (χ2n) is 7.77. The zero-order valence-corrected chi connectivity index (χ0v) is 19.3. The molecule has 1 aliphatic heterocycles. The molecular formula is C24H19Cl2FN4O2. The summed E-state index contributed by atoms with van der Waals surface area (Å²) in [7, 11) is 3.61. The van der Waals surface area contributed by atoms with Crippen molar-refractivity contribution in [2.75, 3.05) is 32.6 Å². The van der Waals surface area contributed by atoms with Crippen molar-refractivity contribution in [1.82, 2.24) is 14.9 Å². The smallest absolute Gasteiger partial charge is 0.166 e. The van der Waals surface area contributed by atoms with Crippen molar-refractivity contribution >= 4 is 45.6 Å². The number of nitrogens with zero attached hydrogens (tertiary/aromatic N) is 3. The van der Waals surface area contributed by atoms with Gasteiger partial charge in [0, 0.05) is 31.2 Å². The van der Waals surface area contributed by atoms with E-state index in [0.29, 0.717) is 34.8 Å². The molecule has 2 aromatic carbocycles. The van der Waals surface area contributed by atoms with E-state index in [-0.39, 0.29) is 15.7 Å². The number of hydrogen-bond donors (Lipinski definition) is 1. The van der Waals surface area contributed by atoms with Gasteiger partial charge in [-0.25, -0.2) is 14.4 Å². The summed E-state index contributed by atoms with van der Waals surface area (Å²) in [4.78, 5) is 10.7. The Bertz CT molecular complexity index is 1370. The Morgan fingerprint density at radius 3 is 2.79 bits per heavy atom. The Morgan fingerprint density at radius 2 is 2.00 bits per heavy atom. The topological polar surface area (TPSA) is 59.5 Å². The molecule has 0 atom stereocenters. The minimum absolute atomic E-state index is 0.135. The lowest BCUT2D eigenvalue weighted by Crippen LogP contribution is -2.07. The summed E-state index contributed by atoms with van der Waals surface area (Å²) >= 11 is 11.8. The molecule has 3 aromatic rings. The number of anilines is 2. The van der Waals surface area contributed by atoms with Gasteiger partial charge in [-0.1, -0.05) is 23.2 Å². The number of allylic oxidation sites excluding steroid dienone is 1. The maximum Gasteiger partial charge on any atom is 0.166 e. The van der Waals surface area contributed by atoms with E-state index in [0.717, 1.165) is 12.1 Å². The Balaban J connectivity index is 1.43. The van der Waals surface area contributed by atoms with E-state index in [2.05, 4.69) is 45.6 Å². The molecule has 0 unspecified atom stereocenters. The Labute approximate surface area is 199 Å². The zero-order chi connectivity index (χ0) is 23.1. The molecule has 0 fully saturated rings. The lowest BCUT2D eigenvalue weighted by molar-refractivity contribution is 0.322. The normalized spacial score (nSPS) is 14.7. The van der Waals surface area contributed by atoms with Crippen molar-refractivity contribution in [1.29, 1.82) is 0 Å². The van der Waals surface area contributed by atoms with Crippen molar-refractivity contribution in [3.63, 3.8) is 0 Å². The average Bonchev–Trinajstić information content (AvgIpc) is 3.34. The number of halogens is 3. The standard InChI is InChI=1S/C24H19Cl2FN4O2/c1-31-9-14-5-13(6-15(14)10-31)11-33-21-8-19-16(7-20(21)32-2)24(29-12-28-19)30-18-4-3-17(25)22(26)23(18)27/h3-9,12H,10-11H2,1-2H3,(H,28,29,30). The first-order valence-electron chi connectivity index (χ1n) is 10.1. The van der Waals surface area contributed by atoms with Crippen LogP contribution < -0.4 is 14.8 Å². The van der Waals surface area contributed by atoms with E-state index in [1.807, 2.05) is 0 Å². The molecule has 168 valence electrons. The quantitative estimate of drug-likeness (QED) is 0.439. The number of aromatic nitrogens is 2. The van der Waals surface area contributed by atoms with Crippen molar-refractivity contribution < 1.29 is 13.9 Å². The predicted molar refractivity (Wildman–Crippen MR) is 128 cm³/mol. The van der Waals surface area contributed by atoms with E-state index < -0.39 is 5.82 Å². The first kappa shape index (κ1) is 21.6. The average molecular weight is 485 g/mol. The first-order chi connectivity index (χ1) is 15.9. The Hall–Kier alpha value is -3.29. The lowest BCUT2D eigenvalue weighted by atomic mass is 10.2. The minimum Gasteiger partial charge on any atom is -0.493 e. The maximum atomic E-state index is 14.5. The van der Waals surface area contributed by atoms with E-state index >= 15 is 0 Å². The number of methoxy groups -OCH3 is 1. The number of nitrogens with one attached hydrogen (secondary N) is 1. The second kappa shape index (κ2) is 8.57. The van der Waals surface area contributed by atoms with Crippen molar-refractivity contribution in [3.05, 3.63) is 81.5 Å². The summed E-state index contributed by atoms with van der Waals surface area (Å²) in [5.41, 5.74) is 4.37. The van der Waals surface area contributed by atoms with Crippen LogP contribution in [0.1, 0.15) is 0 Å². The molecule has 5 rings (SSSR count). The summed E-state index contributed by atoms with van der Waals surface area (Å²) in [6.45, 7) is 1.30. The van der Waals surface area contributed by atoms with Crippen LogP contribution >= 0.6 is 23.2 Å². The van der Waals surface area contributed by atoms with E-state index in [4.69, 9.17) is 32.7 Å². The highest BCUT2D eigenvalue weighted by atomic mass is 35.5. The van der Waals surface area contributed by atoms with Gasteiger partial charge in [0.05, 0.1) is 28.4 Å². The van der Waals surface area contributed by atoms with E-state index in [1.54, 1.807) is 19.2 Å². The molecule has 2 aliphatic rings. The van der Waals surface area contributed by atoms with Crippen LogP contribution in [0.4, 0.5) is 15.9 Å². The molecule has 0 saturated heterocycles. The Morgan fingerprint density at radius 1 is 1.15 bits per heavy atom. The van der Waals surface area contributed by atoms with Gasteiger partial charge in [0.2, 0.25) is 0 Å². The number of benzene rings is 2. The fourth-order valence-electron chi connectivity index (χ4n) is 3.88. The molecule has 33 heavy (non-hydrogen) atoms. The number of hydrogen-bond acceptors (Lipinski definition) is 6. The fraction of sp³-hybridized carbons (Fsp3) is 0.167. The molecule has 0 radical (unpaired) electrons. The number of likely N-dealkylation sites (N-methyl/N-ethyl adjacent to an activating group) is 1. The van der Waals surface area contributed by atoms with Gasteiger partial charge in [0.25, 0.3) is 0 Å². The number of ether oxygens (including phenoxy) is 2. The van der Waals surface area contributed by atoms with Crippen molar-refractivity contribution in [2.24, 2.45) is 0 Å². The molecule has 0 saturated carbocycles. The highest BCUT2D eigenvalue weighted by molar-refractivity contribution is 6.42. The summed E-state index contributed by atoms with van der Waals surface area (Å²) in [5, 5.41) is 3.58. The summed E-state index contributed by atoms with van der Waals surface area (Å²) in [6.07, 6.45) is 7.79. The van der Waals surface area contributed by atoms with Gasteiger partial charge in [0.15, 0.2) is 17.3 Å². The third kappa shape index (κ3) is 4.10. The van der Waals surface area contributed by atoms with Gasteiger partial charge in [-0.05, 0) is 47.1 Å². The lowest BCUT2D eigenvalue weighted by Gasteiger charge is -2.14. The van der Waals surface area contributed by atoms with Crippen LogP contribution in [-0.2, 0) is 0 Å². The van der Waals surface area contributed by atoms with Gasteiger partial charge < -0.3 is 19.7 Å². The van der Waals surface area contributed by atoms with Crippen LogP contribution in [0.5, 0.6) is 11.5 Å². The van der Waals surface area contributed by atoms with Crippen LogP contribution in [-0.4, -0.2) is 42.2 Å². The predicted octanol–water partition coefficient (Wildman–Crippen LogP) is 5.90.